The smallest absolute Gasteiger partial charge is 0.226 e. The summed E-state index contributed by atoms with van der Waals surface area (Å²) >= 11 is 0. The van der Waals surface area contributed by atoms with E-state index < -0.39 is 0 Å². The fourth-order valence-electron chi connectivity index (χ4n) is 2.98. The minimum absolute atomic E-state index is 0.604. The van der Waals surface area contributed by atoms with E-state index in [0.29, 0.717) is 11.7 Å². The van der Waals surface area contributed by atoms with E-state index in [1.165, 1.54) is 5.56 Å². The van der Waals surface area contributed by atoms with Crippen LogP contribution in [0.2, 0.25) is 0 Å². The third-order valence-electron chi connectivity index (χ3n) is 4.33. The predicted molar refractivity (Wildman–Crippen MR) is 83.8 cm³/mol. The Morgan fingerprint density at radius 3 is 2.64 bits per heavy atom. The highest BCUT2D eigenvalue weighted by Crippen LogP contribution is 2.24. The van der Waals surface area contributed by atoms with Gasteiger partial charge >= 0.3 is 0 Å². The van der Waals surface area contributed by atoms with Crippen LogP contribution in [0.4, 0.5) is 5.95 Å². The molecule has 0 radical (unpaired) electrons. The second-order valence-corrected chi connectivity index (χ2v) is 6.02. The SMILES string of the molecule is CCc1nc(N2CCC(Cc3nc(C)no3)CC2)ncc1C. The Morgan fingerprint density at radius 1 is 1.23 bits per heavy atom. The zero-order valence-corrected chi connectivity index (χ0v) is 13.5. The second-order valence-electron chi connectivity index (χ2n) is 6.02. The zero-order chi connectivity index (χ0) is 15.5. The van der Waals surface area contributed by atoms with Crippen molar-refractivity contribution in [3.63, 3.8) is 0 Å². The number of hydrogen-bond donors (Lipinski definition) is 0. The van der Waals surface area contributed by atoms with E-state index in [0.717, 1.165) is 56.3 Å². The molecule has 6 heteroatoms. The van der Waals surface area contributed by atoms with Crippen molar-refractivity contribution in [3.8, 4) is 0 Å². The number of nitrogens with zero attached hydrogens (tertiary/aromatic N) is 5. The maximum absolute atomic E-state index is 5.22. The van der Waals surface area contributed by atoms with Crippen molar-refractivity contribution in [1.29, 1.82) is 0 Å². The quantitative estimate of drug-likeness (QED) is 0.864. The number of piperidine rings is 1. The summed E-state index contributed by atoms with van der Waals surface area (Å²) < 4.78 is 5.22. The molecule has 1 aliphatic heterocycles. The molecule has 1 aliphatic rings. The summed E-state index contributed by atoms with van der Waals surface area (Å²) in [4.78, 5) is 15.8. The Labute approximate surface area is 131 Å². The predicted octanol–water partition coefficient (Wildman–Crippen LogP) is 2.50. The molecule has 0 aliphatic carbocycles. The standard InChI is InChI=1S/C16H23N5O/c1-4-14-11(2)10-17-16(19-14)21-7-5-13(6-8-21)9-15-18-12(3)20-22-15/h10,13H,4-9H2,1-3H3. The van der Waals surface area contributed by atoms with Crippen LogP contribution >= 0.6 is 0 Å². The van der Waals surface area contributed by atoms with Crippen molar-refractivity contribution in [2.24, 2.45) is 5.92 Å². The first kappa shape index (κ1) is 14.9. The van der Waals surface area contributed by atoms with Crippen LogP contribution in [0.15, 0.2) is 10.7 Å². The highest BCUT2D eigenvalue weighted by molar-refractivity contribution is 5.33. The molecule has 0 amide bonds. The molecule has 0 atom stereocenters. The molecule has 1 fully saturated rings. The van der Waals surface area contributed by atoms with Gasteiger partial charge in [-0.05, 0) is 44.6 Å². The van der Waals surface area contributed by atoms with Gasteiger partial charge in [0.05, 0.1) is 0 Å². The first-order valence-electron chi connectivity index (χ1n) is 8.02. The van der Waals surface area contributed by atoms with Gasteiger partial charge in [0, 0.05) is 31.4 Å². The Bertz CT molecular complexity index is 631. The van der Waals surface area contributed by atoms with Gasteiger partial charge in [0.25, 0.3) is 0 Å². The monoisotopic (exact) mass is 301 g/mol. The van der Waals surface area contributed by atoms with Gasteiger partial charge in [-0.1, -0.05) is 12.1 Å². The summed E-state index contributed by atoms with van der Waals surface area (Å²) in [6.45, 7) is 8.04. The molecule has 0 saturated carbocycles. The van der Waals surface area contributed by atoms with Gasteiger partial charge in [-0.2, -0.15) is 4.98 Å². The largest absolute Gasteiger partial charge is 0.341 e. The fourth-order valence-corrected chi connectivity index (χ4v) is 2.98. The average Bonchev–Trinajstić information content (AvgIpc) is 2.94. The first-order valence-corrected chi connectivity index (χ1v) is 8.02. The van der Waals surface area contributed by atoms with Crippen LogP contribution in [0.1, 0.15) is 42.7 Å². The van der Waals surface area contributed by atoms with E-state index in [9.17, 15) is 0 Å². The lowest BCUT2D eigenvalue weighted by atomic mass is 9.94. The van der Waals surface area contributed by atoms with Crippen LogP contribution in [0.3, 0.4) is 0 Å². The van der Waals surface area contributed by atoms with Gasteiger partial charge in [0.1, 0.15) is 0 Å². The molecule has 0 aromatic carbocycles. The molecule has 3 rings (SSSR count). The molecule has 0 bridgehead atoms. The summed E-state index contributed by atoms with van der Waals surface area (Å²) in [5, 5.41) is 3.86. The van der Waals surface area contributed by atoms with Crippen molar-refractivity contribution < 1.29 is 4.52 Å². The van der Waals surface area contributed by atoms with Crippen LogP contribution in [-0.2, 0) is 12.8 Å². The van der Waals surface area contributed by atoms with Gasteiger partial charge in [-0.3, -0.25) is 0 Å². The molecule has 1 saturated heterocycles. The number of aromatic nitrogens is 4. The Hall–Kier alpha value is -1.98. The molecule has 6 nitrogen and oxygen atoms in total. The van der Waals surface area contributed by atoms with Crippen molar-refractivity contribution >= 4 is 5.95 Å². The van der Waals surface area contributed by atoms with Crippen molar-refractivity contribution in [2.75, 3.05) is 18.0 Å². The molecule has 0 unspecified atom stereocenters. The van der Waals surface area contributed by atoms with Gasteiger partial charge in [0.15, 0.2) is 5.82 Å². The number of hydrogen-bond acceptors (Lipinski definition) is 6. The van der Waals surface area contributed by atoms with Gasteiger partial charge in [0.2, 0.25) is 11.8 Å². The molecular formula is C16H23N5O. The van der Waals surface area contributed by atoms with Gasteiger partial charge in [-0.15, -0.1) is 0 Å². The molecule has 3 heterocycles. The van der Waals surface area contributed by atoms with Gasteiger partial charge < -0.3 is 9.42 Å². The normalized spacial score (nSPS) is 16.2. The van der Waals surface area contributed by atoms with Crippen LogP contribution in [0.5, 0.6) is 0 Å². The molecule has 0 spiro atoms. The lowest BCUT2D eigenvalue weighted by Gasteiger charge is -2.31. The molecular weight excluding hydrogens is 278 g/mol. The lowest BCUT2D eigenvalue weighted by Crippen LogP contribution is -2.35. The van der Waals surface area contributed by atoms with Crippen LogP contribution < -0.4 is 4.90 Å². The Balaban J connectivity index is 1.59. The Morgan fingerprint density at radius 2 is 2.00 bits per heavy atom. The second kappa shape index (κ2) is 6.42. The molecule has 0 N–H and O–H groups in total. The molecule has 2 aromatic rings. The minimum Gasteiger partial charge on any atom is -0.341 e. The van der Waals surface area contributed by atoms with Crippen molar-refractivity contribution in [3.05, 3.63) is 29.2 Å². The highest BCUT2D eigenvalue weighted by Gasteiger charge is 2.23. The average molecular weight is 301 g/mol. The summed E-state index contributed by atoms with van der Waals surface area (Å²) in [5.41, 5.74) is 2.32. The highest BCUT2D eigenvalue weighted by atomic mass is 16.5. The fraction of sp³-hybridized carbons (Fsp3) is 0.625. The summed E-state index contributed by atoms with van der Waals surface area (Å²) in [7, 11) is 0. The number of aryl methyl sites for hydroxylation is 3. The van der Waals surface area contributed by atoms with Crippen molar-refractivity contribution in [1.82, 2.24) is 20.1 Å². The minimum atomic E-state index is 0.604. The van der Waals surface area contributed by atoms with Gasteiger partial charge in [-0.25, -0.2) is 9.97 Å². The van der Waals surface area contributed by atoms with Crippen LogP contribution in [0.25, 0.3) is 0 Å². The third-order valence-corrected chi connectivity index (χ3v) is 4.33. The number of rotatable bonds is 4. The molecule has 22 heavy (non-hydrogen) atoms. The summed E-state index contributed by atoms with van der Waals surface area (Å²) in [6.07, 6.45) is 5.99. The first-order chi connectivity index (χ1) is 10.7. The zero-order valence-electron chi connectivity index (χ0n) is 13.5. The summed E-state index contributed by atoms with van der Waals surface area (Å²) in [5.74, 6) is 2.95. The van der Waals surface area contributed by atoms with Crippen LogP contribution in [0, 0.1) is 19.8 Å². The van der Waals surface area contributed by atoms with Crippen molar-refractivity contribution in [2.45, 2.75) is 46.5 Å². The van der Waals surface area contributed by atoms with E-state index in [1.54, 1.807) is 0 Å². The Kier molecular flexibility index (Phi) is 4.36. The topological polar surface area (TPSA) is 67.9 Å². The molecule has 2 aromatic heterocycles. The van der Waals surface area contributed by atoms with Crippen LogP contribution in [-0.4, -0.2) is 33.2 Å². The van der Waals surface area contributed by atoms with E-state index in [-0.39, 0.29) is 0 Å². The van der Waals surface area contributed by atoms with E-state index >= 15 is 0 Å². The number of anilines is 1. The van der Waals surface area contributed by atoms with E-state index in [1.807, 2.05) is 13.1 Å². The maximum atomic E-state index is 5.22. The van der Waals surface area contributed by atoms with E-state index in [2.05, 4.69) is 33.9 Å². The summed E-state index contributed by atoms with van der Waals surface area (Å²) in [6, 6.07) is 0. The maximum Gasteiger partial charge on any atom is 0.226 e. The lowest BCUT2D eigenvalue weighted by molar-refractivity contribution is 0.323. The third kappa shape index (κ3) is 3.26. The molecule has 118 valence electrons. The van der Waals surface area contributed by atoms with E-state index in [4.69, 9.17) is 9.51 Å².